The third-order valence-corrected chi connectivity index (χ3v) is 23.1. The molecule has 0 aromatic rings. The van der Waals surface area contributed by atoms with Crippen LogP contribution < -0.4 is 17.2 Å². The van der Waals surface area contributed by atoms with Gasteiger partial charge >= 0.3 is 18.3 Å². The molecule has 7 saturated heterocycles. The number of nitrogens with zero attached hydrogens (tertiary/aromatic N) is 7. The SMILES string of the molecule is CC(C)C1(O)CCCN(C(C)(C)C(N)=O)C1.CC(C)C1CCN(C(=O)OC(C)(C)C)C1.CC(C)C1CCN(C(=O)OC(C)(C)C)CC1.CC(C)C1CCN(CC(N)=O)CC1.CC(C)C1CN(C(=O)OC(C)(C)C)C1.COC1(C(C)C)CCCN(C(C)(C)C(N)=O)C1.COC1(C(C)C)CCCN(C(C)=O)C1. The fourth-order valence-corrected chi connectivity index (χ4v) is 14.2. The molecule has 23 heteroatoms. The van der Waals surface area contributed by atoms with Crippen molar-refractivity contribution >= 4 is 41.9 Å². The first-order chi connectivity index (χ1) is 47.9. The van der Waals surface area contributed by atoms with Crippen LogP contribution in [0.5, 0.6) is 0 Å². The van der Waals surface area contributed by atoms with Gasteiger partial charge in [0.25, 0.3) is 0 Å². The molecule has 0 aliphatic carbocycles. The topological polar surface area (TPSA) is 287 Å². The summed E-state index contributed by atoms with van der Waals surface area (Å²) in [7, 11) is 3.52. The van der Waals surface area contributed by atoms with E-state index < -0.39 is 16.7 Å². The van der Waals surface area contributed by atoms with Crippen LogP contribution in [-0.4, -0.2) is 238 Å². The molecule has 7 amide bonds. The fourth-order valence-electron chi connectivity index (χ4n) is 14.2. The van der Waals surface area contributed by atoms with Crippen LogP contribution >= 0.6 is 0 Å². The van der Waals surface area contributed by atoms with E-state index in [1.807, 2.05) is 123 Å². The molecule has 23 nitrogen and oxygen atoms in total. The van der Waals surface area contributed by atoms with Gasteiger partial charge in [0.1, 0.15) is 16.8 Å². The molecule has 7 heterocycles. The average Bonchev–Trinajstić information content (AvgIpc) is 1.60. The van der Waals surface area contributed by atoms with Crippen LogP contribution in [0.25, 0.3) is 0 Å². The molecule has 0 bridgehead atoms. The number of amides is 7. The Balaban J connectivity index is 0.000000613. The maximum Gasteiger partial charge on any atom is 0.410 e. The summed E-state index contributed by atoms with van der Waals surface area (Å²) in [6, 6.07) is 0. The second-order valence-corrected chi connectivity index (χ2v) is 37.5. The number of hydrogen-bond acceptors (Lipinski definition) is 16. The maximum atomic E-state index is 11.8. The minimum absolute atomic E-state index is 0.121. The van der Waals surface area contributed by atoms with Gasteiger partial charge < -0.3 is 65.6 Å². The van der Waals surface area contributed by atoms with Gasteiger partial charge in [-0.2, -0.15) is 0 Å². The van der Waals surface area contributed by atoms with Crippen molar-refractivity contribution in [3.05, 3.63) is 0 Å². The van der Waals surface area contributed by atoms with E-state index in [2.05, 4.69) is 92.9 Å². The number of aliphatic hydroxyl groups is 1. The summed E-state index contributed by atoms with van der Waals surface area (Å²) in [5.41, 5.74) is 12.7. The number of carbonyl (C=O) groups excluding carboxylic acids is 7. The van der Waals surface area contributed by atoms with Crippen molar-refractivity contribution in [2.24, 2.45) is 82.3 Å². The van der Waals surface area contributed by atoms with E-state index in [4.69, 9.17) is 40.9 Å². The number of piperidine rings is 5. The van der Waals surface area contributed by atoms with Crippen molar-refractivity contribution in [1.82, 2.24) is 34.3 Å². The normalized spacial score (nSPS) is 23.6. The molecule has 7 aliphatic heterocycles. The molecule has 0 saturated carbocycles. The van der Waals surface area contributed by atoms with Crippen LogP contribution in [-0.2, 0) is 42.9 Å². The van der Waals surface area contributed by atoms with Gasteiger partial charge in [-0.3, -0.25) is 33.9 Å². The van der Waals surface area contributed by atoms with Gasteiger partial charge in [-0.1, -0.05) is 96.9 Å². The third-order valence-electron chi connectivity index (χ3n) is 23.1. The maximum absolute atomic E-state index is 11.8. The van der Waals surface area contributed by atoms with Crippen molar-refractivity contribution in [3.63, 3.8) is 0 Å². The number of primary amides is 3. The molecule has 7 rings (SSSR count). The first-order valence-corrected chi connectivity index (χ1v) is 40.1. The van der Waals surface area contributed by atoms with Gasteiger partial charge in [-0.25, -0.2) is 14.4 Å². The lowest BCUT2D eigenvalue weighted by molar-refractivity contribution is -0.142. The smallest absolute Gasteiger partial charge is 0.410 e. The van der Waals surface area contributed by atoms with Crippen LogP contribution in [0.15, 0.2) is 0 Å². The van der Waals surface area contributed by atoms with E-state index in [-0.39, 0.29) is 75.8 Å². The minimum Gasteiger partial charge on any atom is -0.444 e. The molecule has 0 radical (unpaired) electrons. The molecule has 105 heavy (non-hydrogen) atoms. The molecular weight excluding hydrogens is 1330 g/mol. The largest absolute Gasteiger partial charge is 0.444 e. The number of carbonyl (C=O) groups is 7. The molecule has 0 aromatic heterocycles. The zero-order valence-corrected chi connectivity index (χ0v) is 72.4. The molecule has 7 aliphatic rings. The quantitative estimate of drug-likeness (QED) is 0.111. The molecule has 0 aromatic carbocycles. The molecule has 4 atom stereocenters. The van der Waals surface area contributed by atoms with E-state index in [1.165, 1.54) is 12.8 Å². The number of β-amino-alcohol motifs (C(OH)–C–C–N with tert-alkyl or cyclic N) is 1. The van der Waals surface area contributed by atoms with E-state index in [0.29, 0.717) is 48.6 Å². The van der Waals surface area contributed by atoms with Crippen LogP contribution in [0, 0.1) is 65.1 Å². The van der Waals surface area contributed by atoms with Gasteiger partial charge in [0, 0.05) is 86.6 Å². The van der Waals surface area contributed by atoms with E-state index in [9.17, 15) is 38.7 Å². The zero-order valence-electron chi connectivity index (χ0n) is 72.4. The van der Waals surface area contributed by atoms with Crippen LogP contribution in [0.3, 0.4) is 0 Å². The number of methoxy groups -OCH3 is 2. The second-order valence-electron chi connectivity index (χ2n) is 37.5. The summed E-state index contributed by atoms with van der Waals surface area (Å²) >= 11 is 0. The minimum atomic E-state index is -0.690. The Morgan fingerprint density at radius 3 is 1.09 bits per heavy atom. The predicted molar refractivity (Wildman–Crippen MR) is 424 cm³/mol. The number of likely N-dealkylation sites (tertiary alicyclic amines) is 7. The highest BCUT2D eigenvalue weighted by molar-refractivity contribution is 5.84. The number of rotatable bonds is 15. The Hall–Kier alpha value is -4.55. The summed E-state index contributed by atoms with van der Waals surface area (Å²) in [5.74, 6) is 6.13. The van der Waals surface area contributed by atoms with Crippen molar-refractivity contribution in [2.75, 3.05) is 112 Å². The van der Waals surface area contributed by atoms with E-state index >= 15 is 0 Å². The first-order valence-electron chi connectivity index (χ1n) is 40.1. The van der Waals surface area contributed by atoms with Gasteiger partial charge in [-0.15, -0.1) is 0 Å². The molecule has 4 unspecified atom stereocenters. The van der Waals surface area contributed by atoms with Gasteiger partial charge in [0.05, 0.1) is 34.4 Å². The highest BCUT2D eigenvalue weighted by Crippen LogP contribution is 2.37. The van der Waals surface area contributed by atoms with E-state index in [1.54, 1.807) is 26.0 Å². The monoisotopic (exact) mass is 1490 g/mol. The Kier molecular flexibility index (Phi) is 40.5. The third kappa shape index (κ3) is 33.7. The van der Waals surface area contributed by atoms with Gasteiger partial charge in [-0.05, 0) is 252 Å². The first kappa shape index (κ1) is 98.5. The van der Waals surface area contributed by atoms with Crippen LogP contribution in [0.4, 0.5) is 14.4 Å². The molecule has 616 valence electrons. The number of hydrogen-bond donors (Lipinski definition) is 4. The Morgan fingerprint density at radius 1 is 0.410 bits per heavy atom. The molecule has 7 N–H and O–H groups in total. The van der Waals surface area contributed by atoms with Crippen molar-refractivity contribution < 1.29 is 62.4 Å². The van der Waals surface area contributed by atoms with Crippen LogP contribution in [0.2, 0.25) is 0 Å². The predicted octanol–water partition coefficient (Wildman–Crippen LogP) is 13.3. The van der Waals surface area contributed by atoms with Crippen molar-refractivity contribution in [1.29, 1.82) is 0 Å². The fraction of sp³-hybridized carbons (Fsp3) is 0.915. The zero-order chi connectivity index (χ0) is 81.4. The lowest BCUT2D eigenvalue weighted by Crippen LogP contribution is -2.62. The van der Waals surface area contributed by atoms with Gasteiger partial charge in [0.15, 0.2) is 0 Å². The second kappa shape index (κ2) is 43.2. The summed E-state index contributed by atoms with van der Waals surface area (Å²) in [6.07, 6.45) is 11.2. The summed E-state index contributed by atoms with van der Waals surface area (Å²) < 4.78 is 27.3. The average molecular weight is 1490 g/mol. The molecule has 7 fully saturated rings. The highest BCUT2D eigenvalue weighted by atomic mass is 16.6. The lowest BCUT2D eigenvalue weighted by Gasteiger charge is -2.49. The summed E-state index contributed by atoms with van der Waals surface area (Å²) in [4.78, 5) is 93.6. The molecule has 0 spiro atoms. The number of ether oxygens (including phenoxy) is 5. The Bertz CT molecular complexity index is 2610. The molecular formula is C82H160N10O13. The standard InChI is InChI=1S/C13H26N2O2.C13H25NO2.C12H24N2O2.C12H23NO2.2C11H21NO2.C10H20N2O/c1-10(2)13(17-5)7-6-8-15(9-13)12(3,4)11(14)16;1-10(2)11-6-8-14(9-7-11)12(15)16-13(3,4)5;1-9(2)12(16)6-5-7-14(8-12)11(3,4)10(13)15;1-9(2)10-6-7-13(8-10)11(14)15-12(3,4)5;1-8(2)9-6-12(7-9)10(13)14-11(3,4)5;1-9(2)11(14-4)6-5-7-12(8-11)10(3)13;1-8(2)9-3-5-12(6-4-9)7-10(11)13/h10H,6-9H2,1-5H3,(H2,14,16);10-11H,6-9H2,1-5H3;9,16H,5-8H2,1-4H3,(H2,13,15);9-10H,6-8H2,1-5H3;8-9H,6-7H2,1-5H3;9H,5-8H2,1-4H3;8-9H,3-7H2,1-2H3,(H2,11,13). The summed E-state index contributed by atoms with van der Waals surface area (Å²) in [6.45, 7) is 69.0. The van der Waals surface area contributed by atoms with Crippen molar-refractivity contribution in [3.8, 4) is 0 Å². The van der Waals surface area contributed by atoms with Gasteiger partial charge in [0.2, 0.25) is 23.6 Å². The Labute approximate surface area is 639 Å². The highest BCUT2D eigenvalue weighted by Gasteiger charge is 2.46. The Morgan fingerprint density at radius 2 is 0.743 bits per heavy atom. The van der Waals surface area contributed by atoms with Crippen molar-refractivity contribution in [2.45, 2.75) is 309 Å². The van der Waals surface area contributed by atoms with E-state index in [0.717, 1.165) is 167 Å². The van der Waals surface area contributed by atoms with Crippen LogP contribution in [0.1, 0.15) is 264 Å². The lowest BCUT2D eigenvalue weighted by atomic mass is 9.80. The number of nitrogens with two attached hydrogens (primary N) is 3. The summed E-state index contributed by atoms with van der Waals surface area (Å²) in [5, 5.41) is 10.5.